The standard InChI is InChI=1S/C22H24ClFN4O4/c1-4-32-18-8-6-16(27-28-18)22(2,3)21(31)25-11-12-9-14(23)19(15(24)10-12)13-5-7-17(29)26-20(13)30/h6,8-10,13H,4-5,7,11H2,1-3H3,(H,25,31)(H,26,29,30). The lowest BCUT2D eigenvalue weighted by molar-refractivity contribution is -0.134. The van der Waals surface area contributed by atoms with Crippen LogP contribution in [0.25, 0.3) is 0 Å². The van der Waals surface area contributed by atoms with Gasteiger partial charge in [0.2, 0.25) is 23.6 Å². The minimum atomic E-state index is -0.993. The molecular weight excluding hydrogens is 439 g/mol. The van der Waals surface area contributed by atoms with Crippen LogP contribution in [0.1, 0.15) is 56.4 Å². The van der Waals surface area contributed by atoms with Gasteiger partial charge in [-0.25, -0.2) is 4.39 Å². The number of benzene rings is 1. The Bertz CT molecular complexity index is 1020. The van der Waals surface area contributed by atoms with E-state index in [-0.39, 0.29) is 41.8 Å². The summed E-state index contributed by atoms with van der Waals surface area (Å²) in [6.07, 6.45) is 0.308. The van der Waals surface area contributed by atoms with Crippen molar-refractivity contribution in [3.05, 3.63) is 51.9 Å². The van der Waals surface area contributed by atoms with Crippen LogP contribution in [-0.4, -0.2) is 34.5 Å². The molecule has 10 heteroatoms. The Labute approximate surface area is 189 Å². The highest BCUT2D eigenvalue weighted by atomic mass is 35.5. The van der Waals surface area contributed by atoms with E-state index in [1.165, 1.54) is 12.1 Å². The number of ether oxygens (including phenoxy) is 1. The van der Waals surface area contributed by atoms with Gasteiger partial charge in [0.25, 0.3) is 0 Å². The van der Waals surface area contributed by atoms with Crippen molar-refractivity contribution in [3.8, 4) is 5.88 Å². The second-order valence-corrected chi connectivity index (χ2v) is 8.38. The molecule has 0 spiro atoms. The Hall–Kier alpha value is -3.07. The predicted molar refractivity (Wildman–Crippen MR) is 115 cm³/mol. The molecule has 1 aromatic heterocycles. The van der Waals surface area contributed by atoms with Gasteiger partial charge in [-0.15, -0.1) is 5.10 Å². The van der Waals surface area contributed by atoms with Crippen molar-refractivity contribution in [1.29, 1.82) is 0 Å². The molecular formula is C22H24ClFN4O4. The van der Waals surface area contributed by atoms with Gasteiger partial charge >= 0.3 is 0 Å². The van der Waals surface area contributed by atoms with Crippen LogP contribution in [0.15, 0.2) is 24.3 Å². The topological polar surface area (TPSA) is 110 Å². The molecule has 1 fully saturated rings. The zero-order valence-corrected chi connectivity index (χ0v) is 18.8. The molecule has 32 heavy (non-hydrogen) atoms. The third kappa shape index (κ3) is 5.04. The second kappa shape index (κ2) is 9.60. The Kier molecular flexibility index (Phi) is 7.08. The van der Waals surface area contributed by atoms with Crippen molar-refractivity contribution in [2.45, 2.75) is 51.5 Å². The maximum absolute atomic E-state index is 14.8. The first-order valence-corrected chi connectivity index (χ1v) is 10.6. The lowest BCUT2D eigenvalue weighted by Gasteiger charge is -2.24. The first-order chi connectivity index (χ1) is 15.1. The molecule has 0 aliphatic carbocycles. The third-order valence-corrected chi connectivity index (χ3v) is 5.63. The van der Waals surface area contributed by atoms with Gasteiger partial charge in [0.05, 0.1) is 23.6 Å². The fraction of sp³-hybridized carbons (Fsp3) is 0.409. The van der Waals surface area contributed by atoms with E-state index >= 15 is 0 Å². The average molecular weight is 463 g/mol. The van der Waals surface area contributed by atoms with Gasteiger partial charge in [0, 0.05) is 29.6 Å². The molecule has 2 heterocycles. The number of aromatic nitrogens is 2. The summed E-state index contributed by atoms with van der Waals surface area (Å²) >= 11 is 6.26. The number of imide groups is 1. The predicted octanol–water partition coefficient (Wildman–Crippen LogP) is 2.78. The van der Waals surface area contributed by atoms with Crippen molar-refractivity contribution in [2.75, 3.05) is 6.61 Å². The summed E-state index contributed by atoms with van der Waals surface area (Å²) in [4.78, 5) is 36.2. The molecule has 2 aromatic rings. The number of nitrogens with zero attached hydrogens (tertiary/aromatic N) is 2. The summed E-state index contributed by atoms with van der Waals surface area (Å²) < 4.78 is 20.1. The average Bonchev–Trinajstić information content (AvgIpc) is 2.73. The van der Waals surface area contributed by atoms with Crippen molar-refractivity contribution in [2.24, 2.45) is 0 Å². The second-order valence-electron chi connectivity index (χ2n) is 7.97. The molecule has 3 rings (SSSR count). The molecule has 2 N–H and O–H groups in total. The van der Waals surface area contributed by atoms with Crippen molar-refractivity contribution in [3.63, 3.8) is 0 Å². The van der Waals surface area contributed by atoms with E-state index in [0.29, 0.717) is 23.7 Å². The zero-order chi connectivity index (χ0) is 23.5. The Morgan fingerprint density at radius 3 is 2.66 bits per heavy atom. The lowest BCUT2D eigenvalue weighted by atomic mass is 9.87. The summed E-state index contributed by atoms with van der Waals surface area (Å²) in [6.45, 7) is 5.72. The number of halogens is 2. The van der Waals surface area contributed by atoms with Crippen molar-refractivity contribution in [1.82, 2.24) is 20.8 Å². The Morgan fingerprint density at radius 2 is 2.06 bits per heavy atom. The lowest BCUT2D eigenvalue weighted by Crippen LogP contribution is -2.40. The van der Waals surface area contributed by atoms with Crippen molar-refractivity contribution < 1.29 is 23.5 Å². The summed E-state index contributed by atoms with van der Waals surface area (Å²) in [5.74, 6) is -2.41. The van der Waals surface area contributed by atoms with Crippen LogP contribution in [0.5, 0.6) is 5.88 Å². The van der Waals surface area contributed by atoms with E-state index in [1.54, 1.807) is 26.0 Å². The number of carbonyl (C=O) groups is 3. The third-order valence-electron chi connectivity index (χ3n) is 5.32. The highest BCUT2D eigenvalue weighted by molar-refractivity contribution is 6.31. The largest absolute Gasteiger partial charge is 0.477 e. The normalized spacial score (nSPS) is 16.5. The van der Waals surface area contributed by atoms with Crippen molar-refractivity contribution >= 4 is 29.3 Å². The number of hydrogen-bond donors (Lipinski definition) is 2. The van der Waals surface area contributed by atoms with Crippen LogP contribution in [0.3, 0.4) is 0 Å². The van der Waals surface area contributed by atoms with Gasteiger partial charge in [0.15, 0.2) is 0 Å². The van der Waals surface area contributed by atoms with E-state index < -0.39 is 23.1 Å². The first kappa shape index (κ1) is 23.6. The maximum atomic E-state index is 14.8. The molecule has 8 nitrogen and oxygen atoms in total. The number of rotatable bonds is 7. The molecule has 1 saturated heterocycles. The minimum Gasteiger partial charge on any atom is -0.477 e. The molecule has 1 atom stereocenters. The summed E-state index contributed by atoms with van der Waals surface area (Å²) in [7, 11) is 0. The number of carbonyl (C=O) groups excluding carboxylic acids is 3. The van der Waals surface area contributed by atoms with E-state index in [1.807, 2.05) is 6.92 Å². The van der Waals surface area contributed by atoms with Crippen LogP contribution in [0.2, 0.25) is 5.02 Å². The van der Waals surface area contributed by atoms with Crippen LogP contribution >= 0.6 is 11.6 Å². The number of hydrogen-bond acceptors (Lipinski definition) is 6. The highest BCUT2D eigenvalue weighted by Gasteiger charge is 2.33. The van der Waals surface area contributed by atoms with Crippen LogP contribution in [0, 0.1) is 5.82 Å². The van der Waals surface area contributed by atoms with Gasteiger partial charge in [0.1, 0.15) is 5.82 Å². The van der Waals surface area contributed by atoms with E-state index in [4.69, 9.17) is 16.3 Å². The SMILES string of the molecule is CCOc1ccc(C(C)(C)C(=O)NCc2cc(F)c(C3CCC(=O)NC3=O)c(Cl)c2)nn1. The van der Waals surface area contributed by atoms with Crippen LogP contribution in [0.4, 0.5) is 4.39 Å². The molecule has 0 saturated carbocycles. The van der Waals surface area contributed by atoms with Crippen LogP contribution < -0.4 is 15.4 Å². The molecule has 1 unspecified atom stereocenters. The van der Waals surface area contributed by atoms with Crippen LogP contribution in [-0.2, 0) is 26.3 Å². The van der Waals surface area contributed by atoms with Gasteiger partial charge in [-0.05, 0) is 51.0 Å². The smallest absolute Gasteiger partial charge is 0.234 e. The van der Waals surface area contributed by atoms with E-state index in [9.17, 15) is 18.8 Å². The number of piperidine rings is 1. The fourth-order valence-corrected chi connectivity index (χ4v) is 3.80. The number of amides is 3. The Balaban J connectivity index is 1.70. The summed E-state index contributed by atoms with van der Waals surface area (Å²) in [5, 5.41) is 13.0. The van der Waals surface area contributed by atoms with Gasteiger partial charge < -0.3 is 10.1 Å². The quantitative estimate of drug-likeness (QED) is 0.612. The molecule has 170 valence electrons. The monoisotopic (exact) mass is 462 g/mol. The highest BCUT2D eigenvalue weighted by Crippen LogP contribution is 2.33. The van der Waals surface area contributed by atoms with Gasteiger partial charge in [-0.2, -0.15) is 5.10 Å². The fourth-order valence-electron chi connectivity index (χ4n) is 3.44. The molecule has 0 bridgehead atoms. The zero-order valence-electron chi connectivity index (χ0n) is 18.0. The van der Waals surface area contributed by atoms with Gasteiger partial charge in [-0.1, -0.05) is 11.6 Å². The molecule has 1 aliphatic heterocycles. The summed E-state index contributed by atoms with van der Waals surface area (Å²) in [6, 6.07) is 6.05. The first-order valence-electron chi connectivity index (χ1n) is 10.2. The van der Waals surface area contributed by atoms with E-state index in [2.05, 4.69) is 20.8 Å². The number of nitrogens with one attached hydrogen (secondary N) is 2. The van der Waals surface area contributed by atoms with Gasteiger partial charge in [-0.3, -0.25) is 19.7 Å². The Morgan fingerprint density at radius 1 is 1.31 bits per heavy atom. The molecule has 0 radical (unpaired) electrons. The molecule has 3 amide bonds. The summed E-state index contributed by atoms with van der Waals surface area (Å²) in [5.41, 5.74) is -0.0506. The molecule has 1 aliphatic rings. The van der Waals surface area contributed by atoms with E-state index in [0.717, 1.165) is 0 Å². The molecule has 1 aromatic carbocycles. The maximum Gasteiger partial charge on any atom is 0.234 e. The minimum absolute atomic E-state index is 0.0268.